The normalized spacial score (nSPS) is 17.5. The number of hydrogen-bond donors (Lipinski definition) is 2. The van der Waals surface area contributed by atoms with Crippen LogP contribution in [-0.2, 0) is 4.79 Å². The van der Waals surface area contributed by atoms with Crippen LogP contribution < -0.4 is 15.8 Å². The molecule has 4 nitrogen and oxygen atoms in total. The molecule has 0 spiro atoms. The molecule has 1 aliphatic carbocycles. The average Bonchev–Trinajstić information content (AvgIpc) is 2.49. The van der Waals surface area contributed by atoms with Gasteiger partial charge in [0, 0.05) is 6.54 Å². The first-order chi connectivity index (χ1) is 10.1. The summed E-state index contributed by atoms with van der Waals surface area (Å²) in [5.41, 5.74) is 6.24. The summed E-state index contributed by atoms with van der Waals surface area (Å²) in [4.78, 5) is 12.7. The topological polar surface area (TPSA) is 64.3 Å². The van der Waals surface area contributed by atoms with Crippen molar-refractivity contribution in [2.45, 2.75) is 52.1 Å². The first-order valence-electron chi connectivity index (χ1n) is 7.84. The Hall–Kier alpha value is -1.55. The molecule has 0 unspecified atom stereocenters. The molecule has 4 heteroatoms. The molecule has 116 valence electrons. The molecule has 0 aliphatic heterocycles. The second-order valence-corrected chi connectivity index (χ2v) is 6.16. The van der Waals surface area contributed by atoms with Crippen molar-refractivity contribution in [2.24, 2.45) is 11.1 Å². The molecule has 1 fully saturated rings. The summed E-state index contributed by atoms with van der Waals surface area (Å²) in [6.45, 7) is 4.36. The summed E-state index contributed by atoms with van der Waals surface area (Å²) in [6, 6.07) is 7.57. The molecular weight excluding hydrogens is 264 g/mol. The third-order valence-electron chi connectivity index (χ3n) is 4.18. The van der Waals surface area contributed by atoms with Gasteiger partial charge in [-0.25, -0.2) is 0 Å². The van der Waals surface area contributed by atoms with Crippen molar-refractivity contribution in [3.8, 4) is 5.75 Å². The lowest BCUT2D eigenvalue weighted by Gasteiger charge is -2.34. The fraction of sp³-hybridized carbons (Fsp3) is 0.588. The minimum atomic E-state index is -0.413. The van der Waals surface area contributed by atoms with E-state index in [0.717, 1.165) is 31.4 Å². The Morgan fingerprint density at radius 1 is 1.29 bits per heavy atom. The molecule has 3 N–H and O–H groups in total. The van der Waals surface area contributed by atoms with E-state index in [-0.39, 0.29) is 12.0 Å². The molecule has 0 radical (unpaired) electrons. The molecule has 0 aromatic heterocycles. The molecule has 1 aliphatic rings. The Bertz CT molecular complexity index is 479. The third-order valence-corrected chi connectivity index (χ3v) is 4.18. The number of ether oxygens (including phenoxy) is 1. The van der Waals surface area contributed by atoms with Crippen LogP contribution in [0.3, 0.4) is 0 Å². The number of carbonyl (C=O) groups is 1. The lowest BCUT2D eigenvalue weighted by molar-refractivity contribution is -0.126. The number of nitrogens with two attached hydrogens (primary N) is 1. The number of rotatable bonds is 5. The van der Waals surface area contributed by atoms with Gasteiger partial charge in [-0.2, -0.15) is 0 Å². The lowest BCUT2D eigenvalue weighted by atomic mass is 9.73. The summed E-state index contributed by atoms with van der Waals surface area (Å²) < 4.78 is 5.75. The zero-order valence-electron chi connectivity index (χ0n) is 13.0. The van der Waals surface area contributed by atoms with Gasteiger partial charge in [0.15, 0.2) is 0 Å². The van der Waals surface area contributed by atoms with Crippen LogP contribution in [0.2, 0.25) is 0 Å². The van der Waals surface area contributed by atoms with Gasteiger partial charge in [-0.05, 0) is 38.8 Å². The van der Waals surface area contributed by atoms with Gasteiger partial charge in [0.05, 0.1) is 17.2 Å². The lowest BCUT2D eigenvalue weighted by Crippen LogP contribution is -2.43. The van der Waals surface area contributed by atoms with Crippen LogP contribution in [0.5, 0.6) is 5.75 Å². The van der Waals surface area contributed by atoms with Crippen molar-refractivity contribution < 1.29 is 9.53 Å². The molecule has 2 rings (SSSR count). The van der Waals surface area contributed by atoms with Gasteiger partial charge in [0.1, 0.15) is 5.75 Å². The van der Waals surface area contributed by atoms with Crippen molar-refractivity contribution >= 4 is 11.6 Å². The van der Waals surface area contributed by atoms with Gasteiger partial charge in [0.2, 0.25) is 5.91 Å². The van der Waals surface area contributed by atoms with E-state index >= 15 is 0 Å². The van der Waals surface area contributed by atoms with E-state index in [1.807, 2.05) is 38.1 Å². The maximum absolute atomic E-state index is 12.7. The van der Waals surface area contributed by atoms with E-state index in [1.165, 1.54) is 6.42 Å². The van der Waals surface area contributed by atoms with Crippen molar-refractivity contribution in [1.29, 1.82) is 0 Å². The van der Waals surface area contributed by atoms with Crippen LogP contribution in [0, 0.1) is 5.41 Å². The summed E-state index contributed by atoms with van der Waals surface area (Å²) in [6.07, 6.45) is 5.18. The quantitative estimate of drug-likeness (QED) is 0.874. The molecule has 21 heavy (non-hydrogen) atoms. The van der Waals surface area contributed by atoms with Gasteiger partial charge in [0.25, 0.3) is 0 Å². The predicted octanol–water partition coefficient (Wildman–Crippen LogP) is 3.32. The molecule has 0 atom stereocenters. The number of benzene rings is 1. The molecule has 0 saturated heterocycles. The van der Waals surface area contributed by atoms with E-state index in [1.54, 1.807) is 0 Å². The van der Waals surface area contributed by atoms with Gasteiger partial charge in [-0.15, -0.1) is 0 Å². The Morgan fingerprint density at radius 2 is 1.95 bits per heavy atom. The zero-order valence-corrected chi connectivity index (χ0v) is 13.0. The number of nitrogens with one attached hydrogen (secondary N) is 1. The van der Waals surface area contributed by atoms with Gasteiger partial charge < -0.3 is 15.8 Å². The van der Waals surface area contributed by atoms with Gasteiger partial charge in [-0.1, -0.05) is 31.4 Å². The summed E-state index contributed by atoms with van der Waals surface area (Å²) >= 11 is 0. The molecule has 1 aromatic carbocycles. The first-order valence-corrected chi connectivity index (χ1v) is 7.84. The average molecular weight is 290 g/mol. The molecule has 0 heterocycles. The smallest absolute Gasteiger partial charge is 0.231 e. The minimum Gasteiger partial charge on any atom is -0.489 e. The Labute approximate surface area is 127 Å². The number of para-hydroxylation sites is 2. The zero-order chi connectivity index (χ0) is 15.3. The van der Waals surface area contributed by atoms with Crippen molar-refractivity contribution in [2.75, 3.05) is 11.9 Å². The first kappa shape index (κ1) is 15.8. The van der Waals surface area contributed by atoms with E-state index < -0.39 is 5.41 Å². The second kappa shape index (κ2) is 6.94. The SMILES string of the molecule is CC(C)Oc1ccccc1NC(=O)C1(CN)CCCCC1. The van der Waals surface area contributed by atoms with Crippen LogP contribution in [0.4, 0.5) is 5.69 Å². The molecular formula is C17H26N2O2. The molecule has 0 bridgehead atoms. The number of anilines is 1. The van der Waals surface area contributed by atoms with Crippen LogP contribution in [0.15, 0.2) is 24.3 Å². The van der Waals surface area contributed by atoms with Crippen molar-refractivity contribution in [3.05, 3.63) is 24.3 Å². The second-order valence-electron chi connectivity index (χ2n) is 6.16. The number of hydrogen-bond acceptors (Lipinski definition) is 3. The maximum Gasteiger partial charge on any atom is 0.231 e. The fourth-order valence-corrected chi connectivity index (χ4v) is 2.93. The predicted molar refractivity (Wildman–Crippen MR) is 85.4 cm³/mol. The van der Waals surface area contributed by atoms with Crippen molar-refractivity contribution in [3.63, 3.8) is 0 Å². The Morgan fingerprint density at radius 3 is 2.57 bits per heavy atom. The Balaban J connectivity index is 2.15. The van der Waals surface area contributed by atoms with Gasteiger partial charge in [-0.3, -0.25) is 4.79 Å². The maximum atomic E-state index is 12.7. The molecule has 1 saturated carbocycles. The highest BCUT2D eigenvalue weighted by molar-refractivity contribution is 5.96. The Kier molecular flexibility index (Phi) is 5.23. The summed E-state index contributed by atoms with van der Waals surface area (Å²) in [5.74, 6) is 0.744. The monoisotopic (exact) mass is 290 g/mol. The van der Waals surface area contributed by atoms with E-state index in [2.05, 4.69) is 5.32 Å². The number of amides is 1. The van der Waals surface area contributed by atoms with Crippen LogP contribution in [0.1, 0.15) is 46.0 Å². The fourth-order valence-electron chi connectivity index (χ4n) is 2.93. The van der Waals surface area contributed by atoms with E-state index in [0.29, 0.717) is 12.3 Å². The van der Waals surface area contributed by atoms with Crippen LogP contribution in [-0.4, -0.2) is 18.6 Å². The van der Waals surface area contributed by atoms with Gasteiger partial charge >= 0.3 is 0 Å². The largest absolute Gasteiger partial charge is 0.489 e. The van der Waals surface area contributed by atoms with Crippen molar-refractivity contribution in [1.82, 2.24) is 0 Å². The highest BCUT2D eigenvalue weighted by Gasteiger charge is 2.38. The standard InChI is InChI=1S/C17H26N2O2/c1-13(2)21-15-9-5-4-8-14(15)19-16(20)17(12-18)10-6-3-7-11-17/h4-5,8-9,13H,3,6-7,10-12,18H2,1-2H3,(H,19,20). The highest BCUT2D eigenvalue weighted by Crippen LogP contribution is 2.37. The van der Waals surface area contributed by atoms with Crippen LogP contribution >= 0.6 is 0 Å². The van der Waals surface area contributed by atoms with E-state index in [4.69, 9.17) is 10.5 Å². The molecule has 1 aromatic rings. The molecule has 1 amide bonds. The summed E-state index contributed by atoms with van der Waals surface area (Å²) in [7, 11) is 0. The van der Waals surface area contributed by atoms with E-state index in [9.17, 15) is 4.79 Å². The summed E-state index contributed by atoms with van der Waals surface area (Å²) in [5, 5.41) is 3.03. The van der Waals surface area contributed by atoms with Crippen LogP contribution in [0.25, 0.3) is 0 Å². The third kappa shape index (κ3) is 3.76. The highest BCUT2D eigenvalue weighted by atomic mass is 16.5. The minimum absolute atomic E-state index is 0.0320. The number of carbonyl (C=O) groups excluding carboxylic acids is 1.